The standard InChI is InChI=1S/C10H11IO4/c1-14-9-4-7(6-13)8(11)5-10(9)15-3-2-12/h4-6,12H,2-3H2,1H3. The van der Waals surface area contributed by atoms with E-state index < -0.39 is 0 Å². The van der Waals surface area contributed by atoms with Crippen molar-refractivity contribution in [1.82, 2.24) is 0 Å². The first-order valence-corrected chi connectivity index (χ1v) is 5.37. The fourth-order valence-corrected chi connectivity index (χ4v) is 1.63. The Kier molecular flexibility index (Phi) is 4.83. The van der Waals surface area contributed by atoms with E-state index in [0.717, 1.165) is 9.86 Å². The van der Waals surface area contributed by atoms with E-state index in [4.69, 9.17) is 14.6 Å². The number of carbonyl (C=O) groups excluding carboxylic acids is 1. The molecular weight excluding hydrogens is 311 g/mol. The highest BCUT2D eigenvalue weighted by molar-refractivity contribution is 14.1. The van der Waals surface area contributed by atoms with Crippen LogP contribution in [0.4, 0.5) is 0 Å². The lowest BCUT2D eigenvalue weighted by Gasteiger charge is -2.11. The normalized spacial score (nSPS) is 9.80. The maximum atomic E-state index is 10.7. The second-order valence-electron chi connectivity index (χ2n) is 2.71. The number of aliphatic hydroxyl groups excluding tert-OH is 1. The van der Waals surface area contributed by atoms with Crippen molar-refractivity contribution in [3.05, 3.63) is 21.3 Å². The Morgan fingerprint density at radius 1 is 1.47 bits per heavy atom. The quantitative estimate of drug-likeness (QED) is 0.659. The van der Waals surface area contributed by atoms with Crippen LogP contribution in [-0.2, 0) is 0 Å². The Morgan fingerprint density at radius 2 is 2.20 bits per heavy atom. The highest BCUT2D eigenvalue weighted by atomic mass is 127. The summed E-state index contributed by atoms with van der Waals surface area (Å²) in [7, 11) is 1.50. The molecule has 0 fully saturated rings. The molecule has 0 aliphatic heterocycles. The van der Waals surface area contributed by atoms with Gasteiger partial charge in [-0.1, -0.05) is 0 Å². The lowest BCUT2D eigenvalue weighted by molar-refractivity contribution is 0.112. The number of halogens is 1. The average molecular weight is 322 g/mol. The SMILES string of the molecule is COc1cc(C=O)c(I)cc1OCCO. The van der Waals surface area contributed by atoms with Gasteiger partial charge in [0.1, 0.15) is 6.61 Å². The molecule has 5 heteroatoms. The number of hydrogen-bond acceptors (Lipinski definition) is 4. The van der Waals surface area contributed by atoms with Gasteiger partial charge in [-0.05, 0) is 34.7 Å². The molecule has 1 aromatic carbocycles. The monoisotopic (exact) mass is 322 g/mol. The van der Waals surface area contributed by atoms with E-state index in [1.807, 2.05) is 22.6 Å². The summed E-state index contributed by atoms with van der Waals surface area (Å²) in [6.45, 7) is 0.141. The molecule has 0 spiro atoms. The van der Waals surface area contributed by atoms with Gasteiger partial charge in [0.2, 0.25) is 0 Å². The number of benzene rings is 1. The van der Waals surface area contributed by atoms with Gasteiger partial charge in [-0.3, -0.25) is 4.79 Å². The first kappa shape index (κ1) is 12.3. The van der Waals surface area contributed by atoms with Crippen molar-refractivity contribution in [2.45, 2.75) is 0 Å². The zero-order valence-electron chi connectivity index (χ0n) is 8.20. The lowest BCUT2D eigenvalue weighted by atomic mass is 10.2. The molecule has 0 aromatic heterocycles. The highest BCUT2D eigenvalue weighted by Gasteiger charge is 2.09. The number of hydrogen-bond donors (Lipinski definition) is 1. The van der Waals surface area contributed by atoms with E-state index in [2.05, 4.69) is 0 Å². The topological polar surface area (TPSA) is 55.8 Å². The number of aldehydes is 1. The molecule has 1 aromatic rings. The zero-order valence-corrected chi connectivity index (χ0v) is 10.4. The highest BCUT2D eigenvalue weighted by Crippen LogP contribution is 2.30. The molecule has 0 unspecified atom stereocenters. The fourth-order valence-electron chi connectivity index (χ4n) is 1.07. The minimum atomic E-state index is -0.0604. The average Bonchev–Trinajstić information content (AvgIpc) is 2.26. The molecule has 0 aliphatic carbocycles. The Hall–Kier alpha value is -0.820. The molecule has 1 N–H and O–H groups in total. The Bertz CT molecular complexity index is 352. The van der Waals surface area contributed by atoms with Gasteiger partial charge >= 0.3 is 0 Å². The third-order valence-electron chi connectivity index (χ3n) is 1.76. The van der Waals surface area contributed by atoms with E-state index in [9.17, 15) is 4.79 Å². The van der Waals surface area contributed by atoms with Crippen molar-refractivity contribution in [3.63, 3.8) is 0 Å². The predicted molar refractivity (Wildman–Crippen MR) is 63.7 cm³/mol. The van der Waals surface area contributed by atoms with Gasteiger partial charge in [0.25, 0.3) is 0 Å². The summed E-state index contributed by atoms with van der Waals surface area (Å²) in [4.78, 5) is 10.7. The van der Waals surface area contributed by atoms with Gasteiger partial charge < -0.3 is 14.6 Å². The van der Waals surface area contributed by atoms with E-state index >= 15 is 0 Å². The van der Waals surface area contributed by atoms with Crippen LogP contribution < -0.4 is 9.47 Å². The Morgan fingerprint density at radius 3 is 2.73 bits per heavy atom. The van der Waals surface area contributed by atoms with E-state index in [0.29, 0.717) is 17.1 Å². The number of methoxy groups -OCH3 is 1. The summed E-state index contributed by atoms with van der Waals surface area (Å²) < 4.78 is 11.1. The first-order valence-electron chi connectivity index (χ1n) is 4.29. The summed E-state index contributed by atoms with van der Waals surface area (Å²) in [5.41, 5.74) is 0.559. The fraction of sp³-hybridized carbons (Fsp3) is 0.300. The predicted octanol–water partition coefficient (Wildman–Crippen LogP) is 1.48. The summed E-state index contributed by atoms with van der Waals surface area (Å²) in [6, 6.07) is 3.32. The summed E-state index contributed by atoms with van der Waals surface area (Å²) >= 11 is 2.04. The molecule has 4 nitrogen and oxygen atoms in total. The van der Waals surface area contributed by atoms with Crippen molar-refractivity contribution in [1.29, 1.82) is 0 Å². The van der Waals surface area contributed by atoms with Crippen molar-refractivity contribution in [2.75, 3.05) is 20.3 Å². The molecule has 15 heavy (non-hydrogen) atoms. The maximum Gasteiger partial charge on any atom is 0.162 e. The van der Waals surface area contributed by atoms with Gasteiger partial charge in [0.15, 0.2) is 17.8 Å². The lowest BCUT2D eigenvalue weighted by Crippen LogP contribution is -2.04. The molecule has 0 bridgehead atoms. The van der Waals surface area contributed by atoms with Crippen LogP contribution in [0.25, 0.3) is 0 Å². The molecule has 0 atom stereocenters. The third kappa shape index (κ3) is 3.07. The molecule has 0 saturated carbocycles. The Balaban J connectivity index is 3.03. The second kappa shape index (κ2) is 5.92. The molecule has 82 valence electrons. The molecule has 0 radical (unpaired) electrons. The van der Waals surface area contributed by atoms with Crippen molar-refractivity contribution < 1.29 is 19.4 Å². The smallest absolute Gasteiger partial charge is 0.162 e. The maximum absolute atomic E-state index is 10.7. The van der Waals surface area contributed by atoms with Crippen LogP contribution in [0.3, 0.4) is 0 Å². The summed E-state index contributed by atoms with van der Waals surface area (Å²) in [5, 5.41) is 8.64. The molecule has 1 rings (SSSR count). The van der Waals surface area contributed by atoms with Crippen LogP contribution in [0.5, 0.6) is 11.5 Å². The second-order valence-corrected chi connectivity index (χ2v) is 3.88. The van der Waals surface area contributed by atoms with Crippen LogP contribution >= 0.6 is 22.6 Å². The molecule has 0 heterocycles. The summed E-state index contributed by atoms with van der Waals surface area (Å²) in [5.74, 6) is 1.02. The van der Waals surface area contributed by atoms with Gasteiger partial charge in [-0.15, -0.1) is 0 Å². The minimum absolute atomic E-state index is 0.0604. The third-order valence-corrected chi connectivity index (χ3v) is 2.69. The van der Waals surface area contributed by atoms with Crippen molar-refractivity contribution in [3.8, 4) is 11.5 Å². The van der Waals surface area contributed by atoms with E-state index in [-0.39, 0.29) is 13.2 Å². The van der Waals surface area contributed by atoms with Gasteiger partial charge in [-0.25, -0.2) is 0 Å². The van der Waals surface area contributed by atoms with Crippen LogP contribution in [0.1, 0.15) is 10.4 Å². The van der Waals surface area contributed by atoms with Gasteiger partial charge in [0.05, 0.1) is 13.7 Å². The van der Waals surface area contributed by atoms with Crippen LogP contribution in [0.2, 0.25) is 0 Å². The Labute approximate surface area is 101 Å². The zero-order chi connectivity index (χ0) is 11.3. The molecule has 0 aliphatic rings. The number of rotatable bonds is 5. The minimum Gasteiger partial charge on any atom is -0.493 e. The van der Waals surface area contributed by atoms with E-state index in [1.165, 1.54) is 7.11 Å². The van der Waals surface area contributed by atoms with Gasteiger partial charge in [0, 0.05) is 9.13 Å². The number of aliphatic hydroxyl groups is 1. The van der Waals surface area contributed by atoms with Crippen molar-refractivity contribution in [2.24, 2.45) is 0 Å². The van der Waals surface area contributed by atoms with Crippen LogP contribution in [0.15, 0.2) is 12.1 Å². The van der Waals surface area contributed by atoms with Crippen LogP contribution in [0, 0.1) is 3.57 Å². The largest absolute Gasteiger partial charge is 0.493 e. The molecular formula is C10H11IO4. The van der Waals surface area contributed by atoms with Crippen molar-refractivity contribution >= 4 is 28.9 Å². The number of carbonyl (C=O) groups is 1. The summed E-state index contributed by atoms with van der Waals surface area (Å²) in [6.07, 6.45) is 0.764. The van der Waals surface area contributed by atoms with E-state index in [1.54, 1.807) is 12.1 Å². The van der Waals surface area contributed by atoms with Crippen LogP contribution in [-0.4, -0.2) is 31.7 Å². The van der Waals surface area contributed by atoms with Gasteiger partial charge in [-0.2, -0.15) is 0 Å². The molecule has 0 saturated heterocycles. The number of ether oxygens (including phenoxy) is 2. The first-order chi connectivity index (χ1) is 7.22. The molecule has 0 amide bonds.